The molecule has 1 atom stereocenters. The SMILES string of the molecule is CC.CCC.CN1CCNCC1CS. The molecule has 0 amide bonds. The Morgan fingerprint density at radius 2 is 1.86 bits per heavy atom. The van der Waals surface area contributed by atoms with Crippen molar-refractivity contribution >= 4 is 12.6 Å². The van der Waals surface area contributed by atoms with Gasteiger partial charge in [-0.3, -0.25) is 0 Å². The molecule has 1 rings (SSSR count). The summed E-state index contributed by atoms with van der Waals surface area (Å²) in [5.74, 6) is 0.962. The first kappa shape index (κ1) is 16.7. The summed E-state index contributed by atoms with van der Waals surface area (Å²) in [4.78, 5) is 2.35. The zero-order valence-electron chi connectivity index (χ0n) is 10.5. The third-order valence-corrected chi connectivity index (χ3v) is 2.28. The second-order valence-electron chi connectivity index (χ2n) is 3.23. The van der Waals surface area contributed by atoms with Gasteiger partial charge in [-0.2, -0.15) is 12.6 Å². The third-order valence-electron chi connectivity index (χ3n) is 1.86. The first-order valence-electron chi connectivity index (χ1n) is 5.78. The molecular weight excluding hydrogens is 192 g/mol. The number of hydrogen-bond donors (Lipinski definition) is 2. The van der Waals surface area contributed by atoms with Crippen molar-refractivity contribution in [3.63, 3.8) is 0 Å². The molecule has 0 aromatic carbocycles. The lowest BCUT2D eigenvalue weighted by Gasteiger charge is -2.31. The predicted molar refractivity (Wildman–Crippen MR) is 70.5 cm³/mol. The number of thiol groups is 1. The van der Waals surface area contributed by atoms with Crippen molar-refractivity contribution in [2.24, 2.45) is 0 Å². The summed E-state index contributed by atoms with van der Waals surface area (Å²) < 4.78 is 0. The topological polar surface area (TPSA) is 15.3 Å². The fourth-order valence-corrected chi connectivity index (χ4v) is 1.47. The molecule has 0 aromatic rings. The Kier molecular flexibility index (Phi) is 15.8. The van der Waals surface area contributed by atoms with E-state index >= 15 is 0 Å². The Labute approximate surface area is 95.9 Å². The van der Waals surface area contributed by atoms with E-state index < -0.39 is 0 Å². The highest BCUT2D eigenvalue weighted by atomic mass is 32.1. The van der Waals surface area contributed by atoms with Gasteiger partial charge < -0.3 is 10.2 Å². The van der Waals surface area contributed by atoms with E-state index in [1.807, 2.05) is 13.8 Å². The van der Waals surface area contributed by atoms with Crippen molar-refractivity contribution in [3.8, 4) is 0 Å². The molecule has 2 nitrogen and oxygen atoms in total. The van der Waals surface area contributed by atoms with Gasteiger partial charge >= 0.3 is 0 Å². The van der Waals surface area contributed by atoms with Gasteiger partial charge in [-0.15, -0.1) is 0 Å². The summed E-state index contributed by atoms with van der Waals surface area (Å²) in [6.07, 6.45) is 1.25. The highest BCUT2D eigenvalue weighted by Gasteiger charge is 2.15. The van der Waals surface area contributed by atoms with Gasteiger partial charge in [0, 0.05) is 31.4 Å². The zero-order chi connectivity index (χ0) is 11.4. The van der Waals surface area contributed by atoms with E-state index in [1.165, 1.54) is 6.42 Å². The maximum atomic E-state index is 4.24. The van der Waals surface area contributed by atoms with Gasteiger partial charge in [-0.05, 0) is 7.05 Å². The van der Waals surface area contributed by atoms with E-state index in [9.17, 15) is 0 Å². The van der Waals surface area contributed by atoms with Gasteiger partial charge in [-0.1, -0.05) is 34.1 Å². The number of nitrogens with zero attached hydrogens (tertiary/aromatic N) is 1. The largest absolute Gasteiger partial charge is 0.314 e. The van der Waals surface area contributed by atoms with Crippen molar-refractivity contribution in [2.75, 3.05) is 32.4 Å². The van der Waals surface area contributed by atoms with Crippen LogP contribution in [0.2, 0.25) is 0 Å². The van der Waals surface area contributed by atoms with Crippen LogP contribution in [0.4, 0.5) is 0 Å². The number of piperazine rings is 1. The van der Waals surface area contributed by atoms with E-state index in [0.717, 1.165) is 25.4 Å². The molecule has 0 bridgehead atoms. The van der Waals surface area contributed by atoms with Crippen molar-refractivity contribution in [1.29, 1.82) is 0 Å². The molecule has 14 heavy (non-hydrogen) atoms. The molecule has 1 aliphatic heterocycles. The molecular formula is C11H28N2S. The highest BCUT2D eigenvalue weighted by molar-refractivity contribution is 7.80. The summed E-state index contributed by atoms with van der Waals surface area (Å²) in [6, 6.07) is 0.641. The zero-order valence-corrected chi connectivity index (χ0v) is 11.4. The number of hydrogen-bond acceptors (Lipinski definition) is 3. The second kappa shape index (κ2) is 13.3. The molecule has 0 spiro atoms. The molecule has 0 aromatic heterocycles. The smallest absolute Gasteiger partial charge is 0.0306 e. The first-order chi connectivity index (χ1) is 6.76. The van der Waals surface area contributed by atoms with Gasteiger partial charge in [0.05, 0.1) is 0 Å². The van der Waals surface area contributed by atoms with Crippen LogP contribution in [0.3, 0.4) is 0 Å². The molecule has 1 saturated heterocycles. The van der Waals surface area contributed by atoms with Gasteiger partial charge in [-0.25, -0.2) is 0 Å². The monoisotopic (exact) mass is 220 g/mol. The van der Waals surface area contributed by atoms with Gasteiger partial charge in [0.1, 0.15) is 0 Å². The first-order valence-corrected chi connectivity index (χ1v) is 6.41. The van der Waals surface area contributed by atoms with Gasteiger partial charge in [0.2, 0.25) is 0 Å². The summed E-state index contributed by atoms with van der Waals surface area (Å²) in [5, 5.41) is 3.33. The predicted octanol–water partition coefficient (Wildman–Crippen LogP) is 2.26. The normalized spacial score (nSPS) is 21.4. The number of nitrogens with one attached hydrogen (secondary N) is 1. The maximum Gasteiger partial charge on any atom is 0.0306 e. The number of likely N-dealkylation sites (N-methyl/N-ethyl adjacent to an activating group) is 1. The Bertz CT molecular complexity index is 99.3. The molecule has 1 heterocycles. The fraction of sp³-hybridized carbons (Fsp3) is 1.00. The van der Waals surface area contributed by atoms with Crippen molar-refractivity contribution in [1.82, 2.24) is 10.2 Å². The Balaban J connectivity index is 0. The molecule has 1 N–H and O–H groups in total. The summed E-state index contributed by atoms with van der Waals surface area (Å²) in [7, 11) is 2.15. The summed E-state index contributed by atoms with van der Waals surface area (Å²) in [5.41, 5.74) is 0. The average Bonchev–Trinajstić information content (AvgIpc) is 2.23. The lowest BCUT2D eigenvalue weighted by molar-refractivity contribution is 0.219. The van der Waals surface area contributed by atoms with Gasteiger partial charge in [0.25, 0.3) is 0 Å². The summed E-state index contributed by atoms with van der Waals surface area (Å²) in [6.45, 7) is 11.6. The van der Waals surface area contributed by atoms with Crippen LogP contribution in [-0.4, -0.2) is 43.4 Å². The van der Waals surface area contributed by atoms with Gasteiger partial charge in [0.15, 0.2) is 0 Å². The van der Waals surface area contributed by atoms with Crippen molar-refractivity contribution in [2.45, 2.75) is 40.2 Å². The molecule has 3 heteroatoms. The lowest BCUT2D eigenvalue weighted by Crippen LogP contribution is -2.50. The van der Waals surface area contributed by atoms with E-state index in [1.54, 1.807) is 0 Å². The maximum absolute atomic E-state index is 4.24. The molecule has 0 radical (unpaired) electrons. The fourth-order valence-electron chi connectivity index (χ4n) is 1.07. The minimum atomic E-state index is 0.641. The second-order valence-corrected chi connectivity index (χ2v) is 3.59. The summed E-state index contributed by atoms with van der Waals surface area (Å²) >= 11 is 4.24. The standard InChI is InChI=1S/C6H14N2S.C3H8.C2H6/c1-8-3-2-7-4-6(8)5-9;1-3-2;1-2/h6-7,9H,2-5H2,1H3;3H2,1-2H3;1-2H3. The molecule has 1 aliphatic rings. The van der Waals surface area contributed by atoms with Crippen LogP contribution in [-0.2, 0) is 0 Å². The highest BCUT2D eigenvalue weighted by Crippen LogP contribution is 2.00. The Morgan fingerprint density at radius 3 is 2.14 bits per heavy atom. The van der Waals surface area contributed by atoms with Crippen LogP contribution in [0, 0.1) is 0 Å². The Hall–Kier alpha value is 0.270. The minimum Gasteiger partial charge on any atom is -0.314 e. The van der Waals surface area contributed by atoms with Crippen LogP contribution in [0.25, 0.3) is 0 Å². The van der Waals surface area contributed by atoms with E-state index in [2.05, 4.69) is 43.7 Å². The van der Waals surface area contributed by atoms with E-state index in [-0.39, 0.29) is 0 Å². The molecule has 1 fully saturated rings. The van der Waals surface area contributed by atoms with Crippen LogP contribution in [0.1, 0.15) is 34.1 Å². The Morgan fingerprint density at radius 1 is 1.36 bits per heavy atom. The van der Waals surface area contributed by atoms with Crippen LogP contribution < -0.4 is 5.32 Å². The molecule has 1 unspecified atom stereocenters. The van der Waals surface area contributed by atoms with Crippen LogP contribution >= 0.6 is 12.6 Å². The lowest BCUT2D eigenvalue weighted by atomic mass is 10.2. The minimum absolute atomic E-state index is 0.641. The van der Waals surface area contributed by atoms with Crippen LogP contribution in [0.15, 0.2) is 0 Å². The molecule has 0 saturated carbocycles. The molecule has 0 aliphatic carbocycles. The third kappa shape index (κ3) is 8.85. The average molecular weight is 220 g/mol. The van der Waals surface area contributed by atoms with Crippen LogP contribution in [0.5, 0.6) is 0 Å². The number of rotatable bonds is 1. The molecule has 88 valence electrons. The van der Waals surface area contributed by atoms with E-state index in [0.29, 0.717) is 6.04 Å². The quantitative estimate of drug-likeness (QED) is 0.659. The van der Waals surface area contributed by atoms with Crippen molar-refractivity contribution < 1.29 is 0 Å². The van der Waals surface area contributed by atoms with Crippen molar-refractivity contribution in [3.05, 3.63) is 0 Å². The van der Waals surface area contributed by atoms with E-state index in [4.69, 9.17) is 0 Å².